The Kier molecular flexibility index (Phi) is 14.2. The SMILES string of the molecule is CCCC(CC)Oc1cccc(C(=O)CCc2cc(OC(CC)CCC)ccc2OC(CC)CCC)c1. The van der Waals surface area contributed by atoms with E-state index in [0.717, 1.165) is 80.6 Å². The summed E-state index contributed by atoms with van der Waals surface area (Å²) in [5.74, 6) is 2.61. The summed E-state index contributed by atoms with van der Waals surface area (Å²) in [6.07, 6.45) is 10.8. The van der Waals surface area contributed by atoms with Gasteiger partial charge in [0.2, 0.25) is 0 Å². The number of hydrogen-bond donors (Lipinski definition) is 0. The molecule has 0 radical (unpaired) electrons. The zero-order valence-corrected chi connectivity index (χ0v) is 24.2. The molecule has 0 saturated heterocycles. The first-order valence-corrected chi connectivity index (χ1v) is 14.7. The van der Waals surface area contributed by atoms with Crippen LogP contribution in [0.15, 0.2) is 42.5 Å². The molecule has 0 bridgehead atoms. The van der Waals surface area contributed by atoms with Crippen molar-refractivity contribution < 1.29 is 19.0 Å². The van der Waals surface area contributed by atoms with Crippen molar-refractivity contribution in [2.45, 2.75) is 130 Å². The number of carbonyl (C=O) groups is 1. The molecule has 0 saturated carbocycles. The van der Waals surface area contributed by atoms with Gasteiger partial charge in [-0.2, -0.15) is 0 Å². The van der Waals surface area contributed by atoms with E-state index in [-0.39, 0.29) is 24.1 Å². The molecule has 0 aliphatic heterocycles. The summed E-state index contributed by atoms with van der Waals surface area (Å²) in [5.41, 5.74) is 1.73. The van der Waals surface area contributed by atoms with Crippen LogP contribution < -0.4 is 14.2 Å². The fraction of sp³-hybridized carbons (Fsp3) is 0.606. The summed E-state index contributed by atoms with van der Waals surface area (Å²) in [6, 6.07) is 13.8. The van der Waals surface area contributed by atoms with Crippen molar-refractivity contribution in [1.29, 1.82) is 0 Å². The maximum atomic E-state index is 13.2. The summed E-state index contributed by atoms with van der Waals surface area (Å²) in [5, 5.41) is 0. The fourth-order valence-electron chi connectivity index (χ4n) is 4.64. The fourth-order valence-corrected chi connectivity index (χ4v) is 4.64. The zero-order chi connectivity index (χ0) is 27.0. The zero-order valence-electron chi connectivity index (χ0n) is 24.2. The molecule has 2 aromatic carbocycles. The lowest BCUT2D eigenvalue weighted by Gasteiger charge is -2.22. The van der Waals surface area contributed by atoms with Crippen LogP contribution in [0.1, 0.15) is 122 Å². The van der Waals surface area contributed by atoms with Gasteiger partial charge in [-0.1, -0.05) is 72.9 Å². The van der Waals surface area contributed by atoms with Crippen LogP contribution in [0.5, 0.6) is 17.2 Å². The van der Waals surface area contributed by atoms with Crippen LogP contribution in [-0.2, 0) is 6.42 Å². The van der Waals surface area contributed by atoms with Crippen molar-refractivity contribution >= 4 is 5.78 Å². The normalized spacial score (nSPS) is 13.6. The van der Waals surface area contributed by atoms with Gasteiger partial charge in [0.15, 0.2) is 5.78 Å². The second-order valence-corrected chi connectivity index (χ2v) is 10.0. The average molecular weight is 511 g/mol. The van der Waals surface area contributed by atoms with E-state index in [1.165, 1.54) is 0 Å². The lowest BCUT2D eigenvalue weighted by atomic mass is 10.0. The smallest absolute Gasteiger partial charge is 0.163 e. The van der Waals surface area contributed by atoms with Gasteiger partial charge >= 0.3 is 0 Å². The summed E-state index contributed by atoms with van der Waals surface area (Å²) in [7, 11) is 0. The molecule has 3 atom stereocenters. The van der Waals surface area contributed by atoms with E-state index in [2.05, 4.69) is 47.6 Å². The molecule has 4 heteroatoms. The van der Waals surface area contributed by atoms with Gasteiger partial charge in [0.05, 0.1) is 18.3 Å². The van der Waals surface area contributed by atoms with Gasteiger partial charge in [0.25, 0.3) is 0 Å². The van der Waals surface area contributed by atoms with E-state index in [1.54, 1.807) is 0 Å². The summed E-state index contributed by atoms with van der Waals surface area (Å²) in [6.45, 7) is 13.0. The number of ketones is 1. The molecule has 0 spiro atoms. The predicted molar refractivity (Wildman–Crippen MR) is 154 cm³/mol. The topological polar surface area (TPSA) is 44.8 Å². The highest BCUT2D eigenvalue weighted by Crippen LogP contribution is 2.30. The lowest BCUT2D eigenvalue weighted by molar-refractivity contribution is 0.0981. The molecular formula is C33H50O4. The second-order valence-electron chi connectivity index (χ2n) is 10.0. The number of aryl methyl sites for hydroxylation is 1. The summed E-state index contributed by atoms with van der Waals surface area (Å²) >= 11 is 0. The van der Waals surface area contributed by atoms with Crippen molar-refractivity contribution in [3.05, 3.63) is 53.6 Å². The summed E-state index contributed by atoms with van der Waals surface area (Å²) < 4.78 is 18.9. The molecule has 0 heterocycles. The van der Waals surface area contributed by atoms with Gasteiger partial charge in [-0.15, -0.1) is 0 Å². The predicted octanol–water partition coefficient (Wildman–Crippen LogP) is 9.37. The Bertz CT molecular complexity index is 922. The van der Waals surface area contributed by atoms with Crippen LogP contribution in [0.25, 0.3) is 0 Å². The third kappa shape index (κ3) is 10.4. The standard InChI is InChI=1S/C33H50O4/c1-7-14-27(10-4)35-30-18-13-17-25(23-30)32(34)21-19-26-24-31(36-28(11-5)15-8-2)20-22-33(26)37-29(12-6)16-9-3/h13,17-18,20,22-24,27-29H,7-12,14-16,19,21H2,1-6H3. The molecule has 2 aromatic rings. The lowest BCUT2D eigenvalue weighted by Crippen LogP contribution is -2.17. The van der Waals surface area contributed by atoms with E-state index in [0.29, 0.717) is 18.4 Å². The largest absolute Gasteiger partial charge is 0.490 e. The van der Waals surface area contributed by atoms with Crippen LogP contribution >= 0.6 is 0 Å². The van der Waals surface area contributed by atoms with E-state index in [9.17, 15) is 4.79 Å². The van der Waals surface area contributed by atoms with Crippen molar-refractivity contribution in [3.63, 3.8) is 0 Å². The Morgan fingerprint density at radius 2 is 1.22 bits per heavy atom. The first-order valence-electron chi connectivity index (χ1n) is 14.7. The minimum Gasteiger partial charge on any atom is -0.490 e. The molecule has 0 fully saturated rings. The Morgan fingerprint density at radius 1 is 0.676 bits per heavy atom. The molecule has 2 rings (SSSR count). The van der Waals surface area contributed by atoms with Crippen LogP contribution in [-0.4, -0.2) is 24.1 Å². The third-order valence-electron chi connectivity index (χ3n) is 6.91. The Morgan fingerprint density at radius 3 is 1.76 bits per heavy atom. The van der Waals surface area contributed by atoms with E-state index in [4.69, 9.17) is 14.2 Å². The van der Waals surface area contributed by atoms with Crippen molar-refractivity contribution in [2.24, 2.45) is 0 Å². The van der Waals surface area contributed by atoms with Crippen LogP contribution in [0.3, 0.4) is 0 Å². The highest BCUT2D eigenvalue weighted by atomic mass is 16.5. The highest BCUT2D eigenvalue weighted by Gasteiger charge is 2.16. The number of rotatable bonds is 19. The number of benzene rings is 2. The Balaban J connectivity index is 2.19. The van der Waals surface area contributed by atoms with Crippen LogP contribution in [0, 0.1) is 0 Å². The average Bonchev–Trinajstić information content (AvgIpc) is 2.91. The monoisotopic (exact) mass is 510 g/mol. The summed E-state index contributed by atoms with van der Waals surface area (Å²) in [4.78, 5) is 13.2. The number of Topliss-reactive ketones (excluding diaryl/α,β-unsaturated/α-hetero) is 1. The molecular weight excluding hydrogens is 460 g/mol. The van der Waals surface area contributed by atoms with Gasteiger partial charge in [-0.3, -0.25) is 4.79 Å². The maximum Gasteiger partial charge on any atom is 0.163 e. The Hall–Kier alpha value is -2.49. The van der Waals surface area contributed by atoms with Gasteiger partial charge in [-0.05, 0) is 80.8 Å². The van der Waals surface area contributed by atoms with Gasteiger partial charge in [0, 0.05) is 12.0 Å². The molecule has 0 aromatic heterocycles. The van der Waals surface area contributed by atoms with Crippen LogP contribution in [0.2, 0.25) is 0 Å². The van der Waals surface area contributed by atoms with Gasteiger partial charge in [-0.25, -0.2) is 0 Å². The minimum absolute atomic E-state index is 0.115. The van der Waals surface area contributed by atoms with Crippen LogP contribution in [0.4, 0.5) is 0 Å². The number of hydrogen-bond acceptors (Lipinski definition) is 4. The molecule has 0 aliphatic carbocycles. The van der Waals surface area contributed by atoms with Crippen molar-refractivity contribution in [1.82, 2.24) is 0 Å². The third-order valence-corrected chi connectivity index (χ3v) is 6.91. The minimum atomic E-state index is 0.115. The molecule has 3 unspecified atom stereocenters. The molecule has 0 N–H and O–H groups in total. The molecule has 0 aliphatic rings. The number of carbonyl (C=O) groups excluding carboxylic acids is 1. The van der Waals surface area contributed by atoms with Gasteiger partial charge in [0.1, 0.15) is 17.2 Å². The first-order chi connectivity index (χ1) is 18.0. The number of ether oxygens (including phenoxy) is 3. The molecule has 37 heavy (non-hydrogen) atoms. The first kappa shape index (κ1) is 30.7. The second kappa shape index (κ2) is 17.1. The maximum absolute atomic E-state index is 13.2. The van der Waals surface area contributed by atoms with Crippen molar-refractivity contribution in [2.75, 3.05) is 0 Å². The quantitative estimate of drug-likeness (QED) is 0.177. The van der Waals surface area contributed by atoms with Crippen molar-refractivity contribution in [3.8, 4) is 17.2 Å². The molecule has 4 nitrogen and oxygen atoms in total. The van der Waals surface area contributed by atoms with E-state index < -0.39 is 0 Å². The molecule has 0 amide bonds. The van der Waals surface area contributed by atoms with E-state index in [1.807, 2.05) is 36.4 Å². The van der Waals surface area contributed by atoms with E-state index >= 15 is 0 Å². The Labute approximate surface area is 226 Å². The molecule has 206 valence electrons. The highest BCUT2D eigenvalue weighted by molar-refractivity contribution is 5.96. The van der Waals surface area contributed by atoms with Gasteiger partial charge < -0.3 is 14.2 Å².